The van der Waals surface area contributed by atoms with Gasteiger partial charge in [0, 0.05) is 5.27 Å². The van der Waals surface area contributed by atoms with Crippen molar-refractivity contribution < 1.29 is 9.73 Å². The van der Waals surface area contributed by atoms with Crippen LogP contribution in [-0.4, -0.2) is 31.8 Å². The van der Waals surface area contributed by atoms with Crippen molar-refractivity contribution in [3.05, 3.63) is 16.2 Å². The van der Waals surface area contributed by atoms with E-state index in [4.69, 9.17) is 5.21 Å². The molecule has 0 saturated carbocycles. The number of nitrogens with one attached hydrogen (secondary N) is 1. The molecule has 2 heterocycles. The van der Waals surface area contributed by atoms with Crippen molar-refractivity contribution in [1.82, 2.24) is 20.3 Å². The first-order valence-electron chi connectivity index (χ1n) is 3.21. The molecule has 0 fully saturated rings. The molecule has 2 aromatic heterocycles. The van der Waals surface area contributed by atoms with E-state index in [0.29, 0.717) is 0 Å². The maximum atomic E-state index is 10.9. The number of hydrogen-bond acceptors (Lipinski definition) is 7. The summed E-state index contributed by atoms with van der Waals surface area (Å²) in [5, 5.41) is 17.7. The minimum absolute atomic E-state index is 0.00125. The molecule has 2 rings (SSSR count). The Kier molecular flexibility index (Phi) is 1.51. The highest BCUT2D eigenvalue weighted by atomic mass is 16.5. The van der Waals surface area contributed by atoms with Crippen LogP contribution >= 0.6 is 0 Å². The van der Waals surface area contributed by atoms with Crippen molar-refractivity contribution in [3.8, 4) is 0 Å². The molecule has 0 unspecified atom stereocenters. The number of H-pyrrole nitrogens is 1. The predicted octanol–water partition coefficient (Wildman–Crippen LogP) is -0.886. The summed E-state index contributed by atoms with van der Waals surface area (Å²) in [6.45, 7) is 0. The van der Waals surface area contributed by atoms with Crippen LogP contribution in [-0.2, 0) is 0 Å². The average molecular weight is 181 g/mol. The van der Waals surface area contributed by atoms with Crippen molar-refractivity contribution in [2.45, 2.75) is 0 Å². The van der Waals surface area contributed by atoms with Gasteiger partial charge in [-0.25, -0.2) is 4.79 Å². The van der Waals surface area contributed by atoms with Crippen LogP contribution in [0.3, 0.4) is 0 Å². The summed E-state index contributed by atoms with van der Waals surface area (Å²) >= 11 is 0. The second-order valence-electron chi connectivity index (χ2n) is 2.13. The lowest BCUT2D eigenvalue weighted by atomic mass is 10.4. The van der Waals surface area contributed by atoms with Gasteiger partial charge in [-0.15, -0.1) is 5.10 Å². The Bertz CT molecular complexity index is 512. The SMILES string of the molecule is O=c1nc2onnc2c(/C=N\O)[nH]1. The van der Waals surface area contributed by atoms with Crippen molar-refractivity contribution in [2.75, 3.05) is 0 Å². The van der Waals surface area contributed by atoms with E-state index in [9.17, 15) is 4.79 Å². The van der Waals surface area contributed by atoms with Crippen molar-refractivity contribution in [3.63, 3.8) is 0 Å². The molecule has 0 aromatic carbocycles. The zero-order valence-corrected chi connectivity index (χ0v) is 6.13. The maximum absolute atomic E-state index is 10.9. The average Bonchev–Trinajstić information content (AvgIpc) is 2.52. The first kappa shape index (κ1) is 7.40. The molecule has 0 amide bonds. The molecular weight excluding hydrogens is 178 g/mol. The van der Waals surface area contributed by atoms with Crippen LogP contribution in [0.4, 0.5) is 0 Å². The Balaban J connectivity index is 2.84. The van der Waals surface area contributed by atoms with Crippen LogP contribution in [0, 0.1) is 0 Å². The zero-order chi connectivity index (χ0) is 9.26. The molecule has 0 atom stereocenters. The number of fused-ring (bicyclic) bond motifs is 1. The summed E-state index contributed by atoms with van der Waals surface area (Å²) in [5.74, 6) is 0. The quantitative estimate of drug-likeness (QED) is 0.335. The Hall–Kier alpha value is -2.25. The molecule has 2 N–H and O–H groups in total. The highest BCUT2D eigenvalue weighted by molar-refractivity contribution is 5.90. The monoisotopic (exact) mass is 181 g/mol. The van der Waals surface area contributed by atoms with E-state index in [1.807, 2.05) is 0 Å². The Morgan fingerprint density at radius 1 is 1.62 bits per heavy atom. The van der Waals surface area contributed by atoms with Gasteiger partial charge in [-0.1, -0.05) is 5.16 Å². The summed E-state index contributed by atoms with van der Waals surface area (Å²) in [7, 11) is 0. The molecular formula is C5H3N5O3. The predicted molar refractivity (Wildman–Crippen MR) is 39.6 cm³/mol. The summed E-state index contributed by atoms with van der Waals surface area (Å²) < 4.78 is 4.55. The lowest BCUT2D eigenvalue weighted by molar-refractivity contribution is 0.321. The van der Waals surface area contributed by atoms with E-state index in [0.717, 1.165) is 6.21 Å². The second kappa shape index (κ2) is 2.66. The number of hydrogen-bond donors (Lipinski definition) is 2. The standard InChI is InChI=1S/C5H3N5O3/c11-5-7-2(1-6-12)3-4(8-5)13-10-9-3/h1,12H,(H,7,8,11)/b6-1-. The van der Waals surface area contributed by atoms with Gasteiger partial charge in [0.05, 0.1) is 11.9 Å². The van der Waals surface area contributed by atoms with Gasteiger partial charge in [-0.05, 0) is 0 Å². The lowest BCUT2D eigenvalue weighted by Gasteiger charge is -1.88. The van der Waals surface area contributed by atoms with Crippen LogP contribution < -0.4 is 5.69 Å². The van der Waals surface area contributed by atoms with Gasteiger partial charge in [0.25, 0.3) is 5.71 Å². The van der Waals surface area contributed by atoms with Gasteiger partial charge < -0.3 is 14.7 Å². The third-order valence-corrected chi connectivity index (χ3v) is 1.36. The number of oxime groups is 1. The fourth-order valence-corrected chi connectivity index (χ4v) is 0.874. The Morgan fingerprint density at radius 3 is 3.23 bits per heavy atom. The summed E-state index contributed by atoms with van der Waals surface area (Å²) in [6, 6.07) is 0. The van der Waals surface area contributed by atoms with Gasteiger partial charge >= 0.3 is 5.69 Å². The fourth-order valence-electron chi connectivity index (χ4n) is 0.874. The van der Waals surface area contributed by atoms with Gasteiger partial charge in [0.15, 0.2) is 5.52 Å². The first-order valence-corrected chi connectivity index (χ1v) is 3.21. The Morgan fingerprint density at radius 2 is 2.46 bits per heavy atom. The molecule has 2 aromatic rings. The smallest absolute Gasteiger partial charge is 0.348 e. The normalized spacial score (nSPS) is 11.4. The lowest BCUT2D eigenvalue weighted by Crippen LogP contribution is -2.12. The third kappa shape index (κ3) is 1.13. The highest BCUT2D eigenvalue weighted by Gasteiger charge is 2.08. The van der Waals surface area contributed by atoms with Crippen LogP contribution in [0.1, 0.15) is 5.69 Å². The van der Waals surface area contributed by atoms with Crippen LogP contribution in [0.2, 0.25) is 0 Å². The van der Waals surface area contributed by atoms with Gasteiger partial charge in [-0.3, -0.25) is 0 Å². The van der Waals surface area contributed by atoms with E-state index in [1.54, 1.807) is 0 Å². The first-order chi connectivity index (χ1) is 6.31. The summed E-state index contributed by atoms with van der Waals surface area (Å²) in [5.41, 5.74) is -0.198. The van der Waals surface area contributed by atoms with E-state index >= 15 is 0 Å². The number of rotatable bonds is 1. The minimum atomic E-state index is -0.624. The molecule has 0 aliphatic rings. The second-order valence-corrected chi connectivity index (χ2v) is 2.13. The topological polar surface area (TPSA) is 117 Å². The molecule has 8 nitrogen and oxygen atoms in total. The van der Waals surface area contributed by atoms with Crippen molar-refractivity contribution >= 4 is 17.4 Å². The van der Waals surface area contributed by atoms with Crippen molar-refractivity contribution in [2.24, 2.45) is 5.16 Å². The van der Waals surface area contributed by atoms with Crippen LogP contribution in [0.5, 0.6) is 0 Å². The van der Waals surface area contributed by atoms with E-state index < -0.39 is 5.69 Å². The van der Waals surface area contributed by atoms with E-state index in [1.165, 1.54) is 0 Å². The van der Waals surface area contributed by atoms with Crippen LogP contribution in [0.25, 0.3) is 11.2 Å². The maximum Gasteiger partial charge on any atom is 0.348 e. The number of aromatic nitrogens is 4. The van der Waals surface area contributed by atoms with E-state index in [2.05, 4.69) is 30.0 Å². The fraction of sp³-hybridized carbons (Fsp3) is 0. The van der Waals surface area contributed by atoms with E-state index in [-0.39, 0.29) is 16.9 Å². The van der Waals surface area contributed by atoms with Crippen molar-refractivity contribution in [1.29, 1.82) is 0 Å². The summed E-state index contributed by atoms with van der Waals surface area (Å²) in [4.78, 5) is 16.6. The van der Waals surface area contributed by atoms with Gasteiger partial charge in [0.1, 0.15) is 0 Å². The van der Waals surface area contributed by atoms with Crippen LogP contribution in [0.15, 0.2) is 14.5 Å². The summed E-state index contributed by atoms with van der Waals surface area (Å²) in [6.07, 6.45) is 1.01. The third-order valence-electron chi connectivity index (χ3n) is 1.36. The molecule has 0 saturated heterocycles. The molecule has 0 bridgehead atoms. The number of nitrogens with zero attached hydrogens (tertiary/aromatic N) is 4. The zero-order valence-electron chi connectivity index (χ0n) is 6.13. The largest absolute Gasteiger partial charge is 0.411 e. The number of aromatic amines is 1. The molecule has 0 spiro atoms. The molecule has 0 aliphatic carbocycles. The molecule has 8 heteroatoms. The van der Waals surface area contributed by atoms with Gasteiger partial charge in [0.2, 0.25) is 0 Å². The molecule has 0 radical (unpaired) electrons. The Labute approximate surface area is 69.9 Å². The molecule has 0 aliphatic heterocycles. The highest BCUT2D eigenvalue weighted by Crippen LogP contribution is 2.05. The molecule has 13 heavy (non-hydrogen) atoms. The minimum Gasteiger partial charge on any atom is -0.411 e. The van der Waals surface area contributed by atoms with Gasteiger partial charge in [-0.2, -0.15) is 4.98 Å². The molecule has 66 valence electrons.